The fourth-order valence-electron chi connectivity index (χ4n) is 3.14. The van der Waals surface area contributed by atoms with Gasteiger partial charge < -0.3 is 20.4 Å². The number of para-hydroxylation sites is 1. The summed E-state index contributed by atoms with van der Waals surface area (Å²) in [5, 5.41) is 8.89. The first-order valence-electron chi connectivity index (χ1n) is 10.3. The van der Waals surface area contributed by atoms with E-state index < -0.39 is 0 Å². The number of benzene rings is 3. The summed E-state index contributed by atoms with van der Waals surface area (Å²) in [6, 6.07) is 23.0. The van der Waals surface area contributed by atoms with Gasteiger partial charge in [0.15, 0.2) is 11.7 Å². The Morgan fingerprint density at radius 1 is 0.818 bits per heavy atom. The first-order chi connectivity index (χ1) is 16.1. The molecule has 33 heavy (non-hydrogen) atoms. The summed E-state index contributed by atoms with van der Waals surface area (Å²) in [6.07, 6.45) is 2.13. The molecule has 0 aliphatic rings. The van der Waals surface area contributed by atoms with Crippen molar-refractivity contribution in [3.63, 3.8) is 0 Å². The number of nitrogens with zero attached hydrogens (tertiary/aromatic N) is 1. The van der Waals surface area contributed by atoms with E-state index in [1.807, 2.05) is 36.4 Å². The van der Waals surface area contributed by atoms with Crippen molar-refractivity contribution in [2.45, 2.75) is 12.8 Å². The second-order valence-electron chi connectivity index (χ2n) is 7.17. The van der Waals surface area contributed by atoms with E-state index in [4.69, 9.17) is 16.0 Å². The lowest BCUT2D eigenvalue weighted by Gasteiger charge is -2.10. The molecule has 0 fully saturated rings. The van der Waals surface area contributed by atoms with Crippen LogP contribution in [0.1, 0.15) is 12.3 Å². The van der Waals surface area contributed by atoms with Crippen LogP contribution in [0.15, 0.2) is 89.5 Å². The summed E-state index contributed by atoms with van der Waals surface area (Å²) < 4.78 is 5.73. The van der Waals surface area contributed by atoms with Gasteiger partial charge in [0.2, 0.25) is 5.91 Å². The molecule has 4 rings (SSSR count). The summed E-state index contributed by atoms with van der Waals surface area (Å²) in [6.45, 7) is 0. The lowest BCUT2D eigenvalue weighted by atomic mass is 10.2. The maximum Gasteiger partial charge on any atom is 0.323 e. The molecule has 8 heteroatoms. The average molecular weight is 461 g/mol. The van der Waals surface area contributed by atoms with Gasteiger partial charge in [0.25, 0.3) is 0 Å². The van der Waals surface area contributed by atoms with Gasteiger partial charge in [-0.25, -0.2) is 9.78 Å². The van der Waals surface area contributed by atoms with Crippen LogP contribution in [0, 0.1) is 0 Å². The average Bonchev–Trinajstić information content (AvgIpc) is 3.28. The quantitative estimate of drug-likeness (QED) is 0.305. The summed E-state index contributed by atoms with van der Waals surface area (Å²) >= 11 is 6.19. The van der Waals surface area contributed by atoms with Crippen LogP contribution in [-0.2, 0) is 11.2 Å². The predicted octanol–water partition coefficient (Wildman–Crippen LogP) is 6.21. The molecular weight excluding hydrogens is 440 g/mol. The molecule has 3 N–H and O–H groups in total. The van der Waals surface area contributed by atoms with E-state index in [2.05, 4.69) is 20.9 Å². The molecule has 3 aromatic carbocycles. The topological polar surface area (TPSA) is 96.3 Å². The number of oxazole rings is 1. The zero-order valence-electron chi connectivity index (χ0n) is 17.5. The fourth-order valence-corrected chi connectivity index (χ4v) is 3.37. The van der Waals surface area contributed by atoms with Crippen LogP contribution in [0.5, 0.6) is 0 Å². The van der Waals surface area contributed by atoms with Crippen molar-refractivity contribution in [1.29, 1.82) is 0 Å². The first kappa shape index (κ1) is 22.1. The lowest BCUT2D eigenvalue weighted by Crippen LogP contribution is -2.19. The number of rotatable bonds is 7. The fraction of sp³-hybridized carbons (Fsp3) is 0.0800. The number of carbonyl (C=O) groups is 2. The second-order valence-corrected chi connectivity index (χ2v) is 7.58. The van der Waals surface area contributed by atoms with E-state index in [0.717, 1.165) is 5.56 Å². The number of aryl methyl sites for hydroxylation is 1. The van der Waals surface area contributed by atoms with Gasteiger partial charge in [0, 0.05) is 35.5 Å². The minimum absolute atomic E-state index is 0.189. The minimum Gasteiger partial charge on any atom is -0.441 e. The summed E-state index contributed by atoms with van der Waals surface area (Å²) in [4.78, 5) is 28.8. The maximum atomic E-state index is 12.4. The van der Waals surface area contributed by atoms with Crippen LogP contribution < -0.4 is 16.0 Å². The van der Waals surface area contributed by atoms with Crippen LogP contribution in [-0.4, -0.2) is 16.9 Å². The minimum atomic E-state index is -0.372. The Kier molecular flexibility index (Phi) is 7.02. The molecule has 7 nitrogen and oxygen atoms in total. The molecule has 0 aliphatic carbocycles. The molecule has 0 saturated carbocycles. The number of urea groups is 1. The van der Waals surface area contributed by atoms with E-state index in [0.29, 0.717) is 40.2 Å². The second kappa shape index (κ2) is 10.5. The van der Waals surface area contributed by atoms with Crippen molar-refractivity contribution < 1.29 is 14.0 Å². The monoisotopic (exact) mass is 460 g/mol. The molecule has 3 amide bonds. The Morgan fingerprint density at radius 2 is 1.48 bits per heavy atom. The van der Waals surface area contributed by atoms with E-state index in [9.17, 15) is 9.59 Å². The van der Waals surface area contributed by atoms with Gasteiger partial charge in [0.1, 0.15) is 0 Å². The molecule has 0 bridgehead atoms. The van der Waals surface area contributed by atoms with E-state index >= 15 is 0 Å². The van der Waals surface area contributed by atoms with Gasteiger partial charge in [0.05, 0.1) is 11.2 Å². The Hall–Kier alpha value is -4.10. The van der Waals surface area contributed by atoms with E-state index in [1.54, 1.807) is 48.7 Å². The number of halogens is 1. The van der Waals surface area contributed by atoms with Gasteiger partial charge in [-0.15, -0.1) is 0 Å². The van der Waals surface area contributed by atoms with Crippen molar-refractivity contribution in [1.82, 2.24) is 4.98 Å². The Balaban J connectivity index is 1.29. The zero-order chi connectivity index (χ0) is 23.0. The van der Waals surface area contributed by atoms with Crippen LogP contribution in [0.25, 0.3) is 11.3 Å². The van der Waals surface area contributed by atoms with Gasteiger partial charge in [-0.1, -0.05) is 48.0 Å². The van der Waals surface area contributed by atoms with Gasteiger partial charge >= 0.3 is 6.03 Å². The number of carbonyl (C=O) groups excluding carboxylic acids is 2. The van der Waals surface area contributed by atoms with Gasteiger partial charge in [-0.05, 0) is 42.5 Å². The highest BCUT2D eigenvalue weighted by atomic mass is 35.5. The molecule has 0 spiro atoms. The Labute approximate surface area is 195 Å². The number of hydrogen-bond acceptors (Lipinski definition) is 4. The third kappa shape index (κ3) is 6.21. The van der Waals surface area contributed by atoms with Crippen molar-refractivity contribution >= 4 is 40.6 Å². The molecular formula is C25H21ClN4O3. The van der Waals surface area contributed by atoms with Crippen molar-refractivity contribution in [3.05, 3.63) is 96.0 Å². The number of amides is 3. The lowest BCUT2D eigenvalue weighted by molar-refractivity contribution is -0.116. The third-order valence-electron chi connectivity index (χ3n) is 4.69. The predicted molar refractivity (Wildman–Crippen MR) is 129 cm³/mol. The van der Waals surface area contributed by atoms with E-state index in [-0.39, 0.29) is 18.4 Å². The smallest absolute Gasteiger partial charge is 0.323 e. The SMILES string of the molecule is O=C(CCc1ncc(-c2ccccc2Cl)o1)Nc1cccc(NC(=O)Nc2ccccc2)c1. The van der Waals surface area contributed by atoms with Gasteiger partial charge in [-0.2, -0.15) is 0 Å². The largest absolute Gasteiger partial charge is 0.441 e. The van der Waals surface area contributed by atoms with Gasteiger partial charge in [-0.3, -0.25) is 4.79 Å². The van der Waals surface area contributed by atoms with Crippen LogP contribution >= 0.6 is 11.6 Å². The molecule has 4 aromatic rings. The highest BCUT2D eigenvalue weighted by Crippen LogP contribution is 2.28. The number of nitrogens with one attached hydrogen (secondary N) is 3. The molecule has 0 unspecified atom stereocenters. The van der Waals surface area contributed by atoms with Crippen molar-refractivity contribution in [2.75, 3.05) is 16.0 Å². The number of hydrogen-bond donors (Lipinski definition) is 3. The molecule has 1 heterocycles. The molecule has 1 aromatic heterocycles. The summed E-state index contributed by atoms with van der Waals surface area (Å²) in [5.41, 5.74) is 2.56. The first-order valence-corrected chi connectivity index (χ1v) is 10.7. The van der Waals surface area contributed by atoms with E-state index in [1.165, 1.54) is 0 Å². The maximum absolute atomic E-state index is 12.4. The molecule has 166 valence electrons. The van der Waals surface area contributed by atoms with Crippen LogP contribution in [0.3, 0.4) is 0 Å². The van der Waals surface area contributed by atoms with Crippen molar-refractivity contribution in [2.24, 2.45) is 0 Å². The molecule has 0 aliphatic heterocycles. The number of anilines is 3. The van der Waals surface area contributed by atoms with Crippen LogP contribution in [0.2, 0.25) is 5.02 Å². The highest BCUT2D eigenvalue weighted by molar-refractivity contribution is 6.33. The summed E-state index contributed by atoms with van der Waals surface area (Å²) in [5.74, 6) is 0.815. The molecule has 0 radical (unpaired) electrons. The summed E-state index contributed by atoms with van der Waals surface area (Å²) in [7, 11) is 0. The zero-order valence-corrected chi connectivity index (χ0v) is 18.3. The Morgan fingerprint density at radius 3 is 2.27 bits per heavy atom. The van der Waals surface area contributed by atoms with Crippen molar-refractivity contribution in [3.8, 4) is 11.3 Å². The Bertz CT molecular complexity index is 1260. The van der Waals surface area contributed by atoms with Crippen LogP contribution in [0.4, 0.5) is 21.9 Å². The normalized spacial score (nSPS) is 10.5. The molecule has 0 atom stereocenters. The highest BCUT2D eigenvalue weighted by Gasteiger charge is 2.12. The molecule has 0 saturated heterocycles. The standard InChI is InChI=1S/C25H21ClN4O3/c26-21-12-5-4-11-20(21)22-16-27-24(33-22)14-13-23(31)28-18-9-6-10-19(15-18)30-25(32)29-17-7-2-1-3-8-17/h1-12,15-16H,13-14H2,(H,28,31)(H2,29,30,32). The number of aromatic nitrogens is 1. The third-order valence-corrected chi connectivity index (χ3v) is 5.02.